The SMILES string of the molecule is O=C(O)[C@H]1O[C@H](OC2O[C@H](C(=O)O)[C@@H](O)[C@H](O)[C@H]2O)[C@H](O)[C@@H](O)[C@@H]1O. The van der Waals surface area contributed by atoms with Crippen LogP contribution in [-0.4, -0.2) is 114 Å². The average Bonchev–Trinajstić information content (AvgIpc) is 2.54. The van der Waals surface area contributed by atoms with E-state index in [1.807, 2.05) is 0 Å². The fourth-order valence-electron chi connectivity index (χ4n) is 2.46. The number of hydrogen-bond donors (Lipinski definition) is 8. The summed E-state index contributed by atoms with van der Waals surface area (Å²) in [7, 11) is 0. The van der Waals surface area contributed by atoms with Crippen LogP contribution in [0.3, 0.4) is 0 Å². The van der Waals surface area contributed by atoms with Gasteiger partial charge in [0.05, 0.1) is 0 Å². The normalized spacial score (nSPS) is 48.1. The number of carboxylic acid groups (broad SMARTS) is 2. The molecule has 13 heteroatoms. The molecule has 0 spiro atoms. The minimum absolute atomic E-state index is 1.68. The zero-order valence-electron chi connectivity index (χ0n) is 12.4. The van der Waals surface area contributed by atoms with E-state index in [2.05, 4.69) is 0 Å². The standard InChI is InChI=1S/C12H18O13/c13-1-3(15)7(9(19)20)23-11(5(1)17)25-12-6(18)2(14)4(16)8(24-12)10(21)22/h1-8,11-18H,(H,19,20)(H,21,22)/t1-,2-,3-,4-,5+,6+,7-,8-,11+,12?/m0/s1. The van der Waals surface area contributed by atoms with Gasteiger partial charge in [0, 0.05) is 0 Å². The maximum Gasteiger partial charge on any atom is 0.335 e. The van der Waals surface area contributed by atoms with Crippen LogP contribution in [-0.2, 0) is 23.8 Å². The highest BCUT2D eigenvalue weighted by Gasteiger charge is 2.52. The van der Waals surface area contributed by atoms with Crippen LogP contribution in [0, 0.1) is 0 Å². The number of aliphatic hydroxyl groups excluding tert-OH is 6. The number of rotatable bonds is 4. The maximum absolute atomic E-state index is 11.0. The van der Waals surface area contributed by atoms with Gasteiger partial charge < -0.3 is 55.1 Å². The summed E-state index contributed by atoms with van der Waals surface area (Å²) in [5.41, 5.74) is 0. The van der Waals surface area contributed by atoms with Crippen LogP contribution >= 0.6 is 0 Å². The lowest BCUT2D eigenvalue weighted by Crippen LogP contribution is -2.64. The molecule has 1 unspecified atom stereocenters. The van der Waals surface area contributed by atoms with E-state index in [-0.39, 0.29) is 0 Å². The summed E-state index contributed by atoms with van der Waals surface area (Å²) in [5.74, 6) is -3.37. The van der Waals surface area contributed by atoms with E-state index in [0.717, 1.165) is 0 Å². The first kappa shape index (κ1) is 19.9. The lowest BCUT2D eigenvalue weighted by atomic mass is 9.98. The number of aliphatic carboxylic acids is 2. The second-order valence-corrected chi connectivity index (χ2v) is 5.61. The van der Waals surface area contributed by atoms with E-state index in [9.17, 15) is 40.2 Å². The monoisotopic (exact) mass is 370 g/mol. The number of carbonyl (C=O) groups is 2. The molecule has 2 aliphatic heterocycles. The molecule has 8 N–H and O–H groups in total. The summed E-state index contributed by atoms with van der Waals surface area (Å²) < 4.78 is 14.5. The second kappa shape index (κ2) is 7.45. The quantitative estimate of drug-likeness (QED) is 0.232. The summed E-state index contributed by atoms with van der Waals surface area (Å²) in [6.45, 7) is 0. The predicted octanol–water partition coefficient (Wildman–Crippen LogP) is -5.21. The molecular weight excluding hydrogens is 352 g/mol. The van der Waals surface area contributed by atoms with Gasteiger partial charge in [-0.25, -0.2) is 9.59 Å². The Balaban J connectivity index is 2.15. The van der Waals surface area contributed by atoms with Crippen molar-refractivity contribution in [3.63, 3.8) is 0 Å². The molecule has 2 saturated heterocycles. The number of aliphatic hydroxyl groups is 6. The van der Waals surface area contributed by atoms with Crippen molar-refractivity contribution in [2.24, 2.45) is 0 Å². The molecule has 2 fully saturated rings. The lowest BCUT2D eigenvalue weighted by Gasteiger charge is -2.43. The van der Waals surface area contributed by atoms with E-state index >= 15 is 0 Å². The molecule has 2 aliphatic rings. The van der Waals surface area contributed by atoms with Gasteiger partial charge >= 0.3 is 11.9 Å². The fraction of sp³-hybridized carbons (Fsp3) is 0.833. The molecule has 0 aromatic carbocycles. The zero-order valence-corrected chi connectivity index (χ0v) is 12.4. The Hall–Kier alpha value is -1.42. The molecule has 2 rings (SSSR count). The van der Waals surface area contributed by atoms with Crippen LogP contribution < -0.4 is 0 Å². The maximum atomic E-state index is 11.0. The molecule has 13 nitrogen and oxygen atoms in total. The van der Waals surface area contributed by atoms with E-state index < -0.39 is 73.4 Å². The van der Waals surface area contributed by atoms with Gasteiger partial charge in [-0.05, 0) is 0 Å². The Bertz CT molecular complexity index is 467. The second-order valence-electron chi connectivity index (χ2n) is 5.61. The fourth-order valence-corrected chi connectivity index (χ4v) is 2.46. The van der Waals surface area contributed by atoms with Crippen molar-refractivity contribution in [1.82, 2.24) is 0 Å². The Morgan fingerprint density at radius 3 is 1.20 bits per heavy atom. The van der Waals surface area contributed by atoms with Crippen molar-refractivity contribution in [3.05, 3.63) is 0 Å². The van der Waals surface area contributed by atoms with Crippen molar-refractivity contribution in [3.8, 4) is 0 Å². The zero-order chi connectivity index (χ0) is 19.0. The average molecular weight is 370 g/mol. The van der Waals surface area contributed by atoms with E-state index in [4.69, 9.17) is 24.4 Å². The van der Waals surface area contributed by atoms with Crippen LogP contribution in [0.2, 0.25) is 0 Å². The summed E-state index contributed by atoms with van der Waals surface area (Å²) in [4.78, 5) is 22.0. The highest BCUT2D eigenvalue weighted by Crippen LogP contribution is 2.28. The molecule has 10 atom stereocenters. The van der Waals surface area contributed by atoms with Crippen molar-refractivity contribution < 1.29 is 64.7 Å². The molecular formula is C12H18O13. The van der Waals surface area contributed by atoms with E-state index in [0.29, 0.717) is 0 Å². The highest BCUT2D eigenvalue weighted by molar-refractivity contribution is 5.73. The first-order chi connectivity index (χ1) is 11.6. The van der Waals surface area contributed by atoms with E-state index in [1.54, 1.807) is 0 Å². The summed E-state index contributed by atoms with van der Waals surface area (Å²) in [6, 6.07) is 0. The van der Waals surface area contributed by atoms with Gasteiger partial charge in [-0.15, -0.1) is 0 Å². The Morgan fingerprint density at radius 2 is 0.920 bits per heavy atom. The van der Waals surface area contributed by atoms with Crippen LogP contribution in [0.15, 0.2) is 0 Å². The molecule has 0 radical (unpaired) electrons. The number of hydrogen-bond acceptors (Lipinski definition) is 11. The smallest absolute Gasteiger partial charge is 0.335 e. The topological polar surface area (TPSA) is 224 Å². The van der Waals surface area contributed by atoms with Crippen molar-refractivity contribution in [2.45, 2.75) is 61.4 Å². The van der Waals surface area contributed by atoms with E-state index in [1.165, 1.54) is 0 Å². The van der Waals surface area contributed by atoms with Crippen LogP contribution in [0.5, 0.6) is 0 Å². The summed E-state index contributed by atoms with van der Waals surface area (Å²) in [6.07, 6.45) is -19.8. The van der Waals surface area contributed by atoms with Gasteiger partial charge in [-0.1, -0.05) is 0 Å². The summed E-state index contributed by atoms with van der Waals surface area (Å²) in [5, 5.41) is 75.8. The number of carboxylic acids is 2. The molecule has 0 saturated carbocycles. The summed E-state index contributed by atoms with van der Waals surface area (Å²) >= 11 is 0. The van der Waals surface area contributed by atoms with Gasteiger partial charge in [-0.3, -0.25) is 0 Å². The van der Waals surface area contributed by atoms with Crippen molar-refractivity contribution >= 4 is 11.9 Å². The van der Waals surface area contributed by atoms with Crippen LogP contribution in [0.1, 0.15) is 0 Å². The molecule has 2 heterocycles. The Labute approximate surface area is 139 Å². The first-order valence-corrected chi connectivity index (χ1v) is 7.06. The highest BCUT2D eigenvalue weighted by atomic mass is 16.8. The third-order valence-electron chi connectivity index (χ3n) is 3.89. The minimum atomic E-state index is -1.99. The number of ether oxygens (including phenoxy) is 3. The van der Waals surface area contributed by atoms with Gasteiger partial charge in [0.25, 0.3) is 0 Å². The van der Waals surface area contributed by atoms with Crippen molar-refractivity contribution in [1.29, 1.82) is 0 Å². The molecule has 0 bridgehead atoms. The molecule has 0 amide bonds. The third-order valence-corrected chi connectivity index (χ3v) is 3.89. The van der Waals surface area contributed by atoms with Crippen LogP contribution in [0.4, 0.5) is 0 Å². The predicted molar refractivity (Wildman–Crippen MR) is 69.7 cm³/mol. The van der Waals surface area contributed by atoms with Gasteiger partial charge in [-0.2, -0.15) is 0 Å². The molecule has 0 aromatic heterocycles. The molecule has 144 valence electrons. The molecule has 25 heavy (non-hydrogen) atoms. The molecule has 0 aliphatic carbocycles. The first-order valence-electron chi connectivity index (χ1n) is 7.06. The van der Waals surface area contributed by atoms with Crippen molar-refractivity contribution in [2.75, 3.05) is 0 Å². The largest absolute Gasteiger partial charge is 0.479 e. The third kappa shape index (κ3) is 3.74. The van der Waals surface area contributed by atoms with Gasteiger partial charge in [0.2, 0.25) is 0 Å². The minimum Gasteiger partial charge on any atom is -0.479 e. The lowest BCUT2D eigenvalue weighted by molar-refractivity contribution is -0.368. The van der Waals surface area contributed by atoms with Gasteiger partial charge in [0.1, 0.15) is 36.6 Å². The van der Waals surface area contributed by atoms with Gasteiger partial charge in [0.15, 0.2) is 24.8 Å². The Kier molecular flexibility index (Phi) is 5.93. The molecule has 0 aromatic rings. The Morgan fingerprint density at radius 1 is 0.600 bits per heavy atom. The van der Waals surface area contributed by atoms with Crippen LogP contribution in [0.25, 0.3) is 0 Å².